The van der Waals surface area contributed by atoms with Crippen molar-refractivity contribution in [1.82, 2.24) is 4.98 Å². The van der Waals surface area contributed by atoms with Crippen molar-refractivity contribution < 1.29 is 4.74 Å². The second-order valence-corrected chi connectivity index (χ2v) is 8.65. The van der Waals surface area contributed by atoms with Crippen molar-refractivity contribution in [2.24, 2.45) is 0 Å². The van der Waals surface area contributed by atoms with E-state index in [1.165, 1.54) is 5.56 Å². The Morgan fingerprint density at radius 2 is 1.72 bits per heavy atom. The van der Waals surface area contributed by atoms with Gasteiger partial charge in [-0.1, -0.05) is 36.4 Å². The lowest BCUT2D eigenvalue weighted by atomic mass is 9.99. The zero-order valence-electron chi connectivity index (χ0n) is 18.3. The fourth-order valence-electron chi connectivity index (χ4n) is 4.25. The standard InChI is InChI=1S/C28H25N3O/c1-19(2)32-23-12-10-22(11-13-23)28(15-16-28)31-26-5-3-4-25-24(14-17-30-27(25)26)21-8-6-20(18-29)7-9-21/h3-14,17,19,31H,15-16H2,1-2H3. The molecular weight excluding hydrogens is 394 g/mol. The summed E-state index contributed by atoms with van der Waals surface area (Å²) in [6.07, 6.45) is 4.20. The van der Waals surface area contributed by atoms with Gasteiger partial charge in [-0.05, 0) is 79.8 Å². The Morgan fingerprint density at radius 1 is 0.969 bits per heavy atom. The summed E-state index contributed by atoms with van der Waals surface area (Å²) in [6.45, 7) is 4.08. The van der Waals surface area contributed by atoms with Crippen LogP contribution >= 0.6 is 0 Å². The molecule has 1 N–H and O–H groups in total. The third-order valence-electron chi connectivity index (χ3n) is 6.00. The van der Waals surface area contributed by atoms with Gasteiger partial charge in [0.15, 0.2) is 0 Å². The van der Waals surface area contributed by atoms with Crippen LogP contribution in [0, 0.1) is 11.3 Å². The number of anilines is 1. The van der Waals surface area contributed by atoms with Crippen LogP contribution in [0.2, 0.25) is 0 Å². The molecule has 0 spiro atoms. The molecule has 1 aliphatic carbocycles. The van der Waals surface area contributed by atoms with Gasteiger partial charge < -0.3 is 10.1 Å². The minimum Gasteiger partial charge on any atom is -0.491 e. The van der Waals surface area contributed by atoms with E-state index in [2.05, 4.69) is 53.9 Å². The minimum atomic E-state index is -0.0588. The highest BCUT2D eigenvalue weighted by atomic mass is 16.5. The molecule has 0 bridgehead atoms. The van der Waals surface area contributed by atoms with E-state index in [1.807, 2.05) is 50.4 Å². The Balaban J connectivity index is 1.48. The van der Waals surface area contributed by atoms with E-state index in [1.54, 1.807) is 0 Å². The molecule has 0 unspecified atom stereocenters. The molecule has 0 aliphatic heterocycles. The van der Waals surface area contributed by atoms with Gasteiger partial charge in [0.25, 0.3) is 0 Å². The van der Waals surface area contributed by atoms with E-state index in [0.717, 1.165) is 46.3 Å². The molecule has 4 aromatic rings. The largest absolute Gasteiger partial charge is 0.491 e. The minimum absolute atomic E-state index is 0.0588. The first-order valence-electron chi connectivity index (χ1n) is 11.0. The first kappa shape index (κ1) is 20.1. The zero-order valence-corrected chi connectivity index (χ0v) is 18.3. The average molecular weight is 420 g/mol. The molecule has 0 radical (unpaired) electrons. The lowest BCUT2D eigenvalue weighted by Gasteiger charge is -2.21. The Labute approximate surface area is 188 Å². The number of hydrogen-bond acceptors (Lipinski definition) is 4. The number of nitriles is 1. The number of fused-ring (bicyclic) bond motifs is 1. The van der Waals surface area contributed by atoms with Crippen LogP contribution in [0.4, 0.5) is 5.69 Å². The molecule has 32 heavy (non-hydrogen) atoms. The molecule has 1 fully saturated rings. The highest BCUT2D eigenvalue weighted by Gasteiger charge is 2.44. The fraction of sp³-hybridized carbons (Fsp3) is 0.214. The highest BCUT2D eigenvalue weighted by molar-refractivity contribution is 6.00. The first-order valence-corrected chi connectivity index (χ1v) is 11.0. The van der Waals surface area contributed by atoms with Gasteiger partial charge in [-0.2, -0.15) is 5.26 Å². The number of ether oxygens (including phenoxy) is 1. The number of pyridine rings is 1. The second-order valence-electron chi connectivity index (χ2n) is 8.65. The predicted molar refractivity (Wildman–Crippen MR) is 129 cm³/mol. The monoisotopic (exact) mass is 419 g/mol. The number of benzene rings is 3. The molecule has 3 aromatic carbocycles. The fourth-order valence-corrected chi connectivity index (χ4v) is 4.25. The Hall–Kier alpha value is -3.84. The van der Waals surface area contributed by atoms with Gasteiger partial charge in [-0.15, -0.1) is 0 Å². The van der Waals surface area contributed by atoms with Gasteiger partial charge in [0.1, 0.15) is 5.75 Å². The smallest absolute Gasteiger partial charge is 0.119 e. The van der Waals surface area contributed by atoms with Gasteiger partial charge >= 0.3 is 0 Å². The number of hydrogen-bond donors (Lipinski definition) is 1. The molecule has 4 nitrogen and oxygen atoms in total. The molecule has 1 aromatic heterocycles. The van der Waals surface area contributed by atoms with E-state index >= 15 is 0 Å². The number of para-hydroxylation sites is 1. The molecule has 1 aliphatic rings. The maximum Gasteiger partial charge on any atom is 0.119 e. The van der Waals surface area contributed by atoms with Crippen LogP contribution in [-0.4, -0.2) is 11.1 Å². The van der Waals surface area contributed by atoms with Crippen molar-refractivity contribution in [3.8, 4) is 22.9 Å². The Bertz CT molecular complexity index is 1300. The maximum absolute atomic E-state index is 9.09. The number of nitrogens with one attached hydrogen (secondary N) is 1. The second kappa shape index (κ2) is 8.01. The zero-order chi connectivity index (χ0) is 22.1. The van der Waals surface area contributed by atoms with Crippen molar-refractivity contribution in [2.45, 2.75) is 38.3 Å². The van der Waals surface area contributed by atoms with Crippen LogP contribution in [0.3, 0.4) is 0 Å². The topological polar surface area (TPSA) is 57.9 Å². The number of aromatic nitrogens is 1. The summed E-state index contributed by atoms with van der Waals surface area (Å²) in [5.41, 5.74) is 6.07. The summed E-state index contributed by atoms with van der Waals surface area (Å²) < 4.78 is 5.80. The molecule has 0 atom stereocenters. The average Bonchev–Trinajstić information content (AvgIpc) is 3.60. The van der Waals surface area contributed by atoms with Crippen molar-refractivity contribution in [3.63, 3.8) is 0 Å². The van der Waals surface area contributed by atoms with Crippen LogP contribution < -0.4 is 10.1 Å². The Kier molecular flexibility index (Phi) is 5.03. The molecule has 0 saturated heterocycles. The lowest BCUT2D eigenvalue weighted by Crippen LogP contribution is -2.19. The highest BCUT2D eigenvalue weighted by Crippen LogP contribution is 2.49. The molecule has 4 heteroatoms. The van der Waals surface area contributed by atoms with Gasteiger partial charge in [0.05, 0.1) is 34.5 Å². The van der Waals surface area contributed by atoms with Crippen LogP contribution in [0.25, 0.3) is 22.0 Å². The molecular formula is C28H25N3O. The summed E-state index contributed by atoms with van der Waals surface area (Å²) in [6, 6.07) is 26.7. The molecule has 158 valence electrons. The SMILES string of the molecule is CC(C)Oc1ccc(C2(Nc3cccc4c(-c5ccc(C#N)cc5)ccnc34)CC2)cc1. The van der Waals surface area contributed by atoms with Gasteiger partial charge in [-0.25, -0.2) is 0 Å². The van der Waals surface area contributed by atoms with Crippen LogP contribution in [0.15, 0.2) is 79.0 Å². The van der Waals surface area contributed by atoms with Crippen molar-refractivity contribution in [1.29, 1.82) is 5.26 Å². The van der Waals surface area contributed by atoms with Gasteiger partial charge in [-0.3, -0.25) is 4.98 Å². The van der Waals surface area contributed by atoms with Crippen LogP contribution in [-0.2, 0) is 5.54 Å². The summed E-state index contributed by atoms with van der Waals surface area (Å²) in [5.74, 6) is 0.901. The maximum atomic E-state index is 9.09. The third kappa shape index (κ3) is 3.78. The number of nitrogens with zero attached hydrogens (tertiary/aromatic N) is 2. The molecule has 1 saturated carbocycles. The summed E-state index contributed by atoms with van der Waals surface area (Å²) in [7, 11) is 0. The van der Waals surface area contributed by atoms with Crippen LogP contribution in [0.1, 0.15) is 37.8 Å². The van der Waals surface area contributed by atoms with E-state index in [-0.39, 0.29) is 11.6 Å². The first-order chi connectivity index (χ1) is 15.6. The lowest BCUT2D eigenvalue weighted by molar-refractivity contribution is 0.242. The quantitative estimate of drug-likeness (QED) is 0.379. The molecule has 0 amide bonds. The van der Waals surface area contributed by atoms with Crippen molar-refractivity contribution in [2.75, 3.05) is 5.32 Å². The summed E-state index contributed by atoms with van der Waals surface area (Å²) in [5, 5.41) is 14.0. The van der Waals surface area contributed by atoms with Gasteiger partial charge in [0, 0.05) is 11.6 Å². The molecule has 5 rings (SSSR count). The summed E-state index contributed by atoms with van der Waals surface area (Å²) >= 11 is 0. The van der Waals surface area contributed by atoms with E-state index < -0.39 is 0 Å². The van der Waals surface area contributed by atoms with Crippen molar-refractivity contribution in [3.05, 3.63) is 90.1 Å². The normalized spacial score (nSPS) is 14.2. The summed E-state index contributed by atoms with van der Waals surface area (Å²) in [4.78, 5) is 4.72. The number of rotatable bonds is 6. The van der Waals surface area contributed by atoms with Gasteiger partial charge in [0.2, 0.25) is 0 Å². The predicted octanol–water partition coefficient (Wildman–Crippen LogP) is 6.66. The van der Waals surface area contributed by atoms with E-state index in [0.29, 0.717) is 5.56 Å². The van der Waals surface area contributed by atoms with Crippen LogP contribution in [0.5, 0.6) is 5.75 Å². The molecule has 1 heterocycles. The van der Waals surface area contributed by atoms with E-state index in [4.69, 9.17) is 15.0 Å². The Morgan fingerprint density at radius 3 is 2.38 bits per heavy atom. The van der Waals surface area contributed by atoms with E-state index in [9.17, 15) is 0 Å². The third-order valence-corrected chi connectivity index (χ3v) is 6.00. The van der Waals surface area contributed by atoms with Crippen molar-refractivity contribution >= 4 is 16.6 Å².